The molecular formula is C12H15ClOS. The Labute approximate surface area is 102 Å². The molecule has 0 aliphatic carbocycles. The molecule has 0 saturated carbocycles. The average Bonchev–Trinajstić information content (AvgIpc) is 2.27. The lowest BCUT2D eigenvalue weighted by atomic mass is 10.1. The Balaban J connectivity index is 2.66. The first-order valence-corrected chi connectivity index (χ1v) is 5.87. The fourth-order valence-corrected chi connectivity index (χ4v) is 1.49. The number of hydrogen-bond acceptors (Lipinski definition) is 2. The van der Waals surface area contributed by atoms with Crippen LogP contribution in [-0.2, 0) is 6.42 Å². The Kier molecular flexibility index (Phi) is 5.06. The maximum absolute atomic E-state index is 6.00. The van der Waals surface area contributed by atoms with Gasteiger partial charge in [-0.15, -0.1) is 0 Å². The maximum atomic E-state index is 6.00. The monoisotopic (exact) mass is 242 g/mol. The van der Waals surface area contributed by atoms with Crippen LogP contribution in [0.15, 0.2) is 30.4 Å². The van der Waals surface area contributed by atoms with Crippen molar-refractivity contribution in [3.05, 3.63) is 40.9 Å². The van der Waals surface area contributed by atoms with E-state index in [0.717, 1.165) is 28.3 Å². The zero-order valence-corrected chi connectivity index (χ0v) is 10.4. The fraction of sp³-hybridized carbons (Fsp3) is 0.333. The smallest absolute Gasteiger partial charge is 0.120 e. The van der Waals surface area contributed by atoms with Gasteiger partial charge in [-0.05, 0) is 35.8 Å². The summed E-state index contributed by atoms with van der Waals surface area (Å²) in [4.78, 5) is 0. The molecule has 0 fully saturated rings. The second-order valence-corrected chi connectivity index (χ2v) is 4.03. The molecule has 0 aliphatic rings. The second kappa shape index (κ2) is 6.09. The summed E-state index contributed by atoms with van der Waals surface area (Å²) in [5.41, 5.74) is 2.07. The summed E-state index contributed by atoms with van der Waals surface area (Å²) in [5.74, 6) is 1.48. The fourth-order valence-electron chi connectivity index (χ4n) is 1.14. The molecule has 0 radical (unpaired) electrons. The van der Waals surface area contributed by atoms with E-state index in [-0.39, 0.29) is 0 Å². The van der Waals surface area contributed by atoms with Gasteiger partial charge in [-0.1, -0.05) is 25.1 Å². The highest BCUT2D eigenvalue weighted by Crippen LogP contribution is 2.22. The Morgan fingerprint density at radius 1 is 1.53 bits per heavy atom. The van der Waals surface area contributed by atoms with Crippen molar-refractivity contribution in [1.82, 2.24) is 0 Å². The number of benzene rings is 1. The first-order valence-electron chi connectivity index (χ1n) is 4.86. The van der Waals surface area contributed by atoms with Gasteiger partial charge in [-0.3, -0.25) is 0 Å². The van der Waals surface area contributed by atoms with Gasteiger partial charge in [0.05, 0.1) is 0 Å². The molecule has 0 saturated heterocycles. The minimum absolute atomic E-state index is 0.508. The molecule has 0 unspecified atom stereocenters. The average molecular weight is 243 g/mol. The van der Waals surface area contributed by atoms with Crippen LogP contribution in [0.5, 0.6) is 5.75 Å². The van der Waals surface area contributed by atoms with Crippen LogP contribution in [0.3, 0.4) is 0 Å². The van der Waals surface area contributed by atoms with Crippen molar-refractivity contribution in [2.75, 3.05) is 12.4 Å². The molecule has 0 bridgehead atoms. The van der Waals surface area contributed by atoms with Crippen LogP contribution in [-0.4, -0.2) is 12.4 Å². The van der Waals surface area contributed by atoms with Gasteiger partial charge in [0.25, 0.3) is 0 Å². The molecule has 0 amide bonds. The van der Waals surface area contributed by atoms with Crippen LogP contribution in [0.1, 0.15) is 12.5 Å². The summed E-state index contributed by atoms with van der Waals surface area (Å²) < 4.78 is 5.55. The van der Waals surface area contributed by atoms with Crippen molar-refractivity contribution < 1.29 is 4.74 Å². The summed E-state index contributed by atoms with van der Waals surface area (Å²) in [6.07, 6.45) is 0.906. The van der Waals surface area contributed by atoms with Crippen LogP contribution in [0.2, 0.25) is 5.02 Å². The van der Waals surface area contributed by atoms with E-state index in [1.54, 1.807) is 0 Å². The third-order valence-corrected chi connectivity index (χ3v) is 2.88. The van der Waals surface area contributed by atoms with Gasteiger partial charge >= 0.3 is 0 Å². The Morgan fingerprint density at radius 3 is 2.87 bits per heavy atom. The lowest BCUT2D eigenvalue weighted by Crippen LogP contribution is -2.01. The number of rotatable bonds is 5. The summed E-state index contributed by atoms with van der Waals surface area (Å²) >= 11 is 10.1. The first-order chi connectivity index (χ1) is 7.17. The highest BCUT2D eigenvalue weighted by molar-refractivity contribution is 7.80. The molecule has 0 atom stereocenters. The molecular weight excluding hydrogens is 228 g/mol. The molecule has 1 aromatic rings. The first kappa shape index (κ1) is 12.5. The molecule has 82 valence electrons. The van der Waals surface area contributed by atoms with Crippen LogP contribution in [0.4, 0.5) is 0 Å². The minimum atomic E-state index is 0.508. The molecule has 1 nitrogen and oxygen atoms in total. The van der Waals surface area contributed by atoms with Crippen molar-refractivity contribution >= 4 is 24.2 Å². The number of halogens is 1. The molecule has 0 spiro atoms. The lowest BCUT2D eigenvalue weighted by molar-refractivity contribution is 0.353. The van der Waals surface area contributed by atoms with Gasteiger partial charge in [0.2, 0.25) is 0 Å². The van der Waals surface area contributed by atoms with Crippen LogP contribution >= 0.6 is 24.2 Å². The third kappa shape index (κ3) is 3.80. The zero-order valence-electron chi connectivity index (χ0n) is 8.79. The molecule has 0 heterocycles. The van der Waals surface area contributed by atoms with Crippen molar-refractivity contribution in [1.29, 1.82) is 0 Å². The van der Waals surface area contributed by atoms with E-state index in [0.29, 0.717) is 12.4 Å². The van der Waals surface area contributed by atoms with Crippen LogP contribution < -0.4 is 4.74 Å². The molecule has 3 heteroatoms. The Bertz CT molecular complexity index is 349. The lowest BCUT2D eigenvalue weighted by Gasteiger charge is -2.09. The summed E-state index contributed by atoms with van der Waals surface area (Å²) in [7, 11) is 0. The predicted octanol–water partition coefficient (Wildman–Crippen LogP) is 3.77. The molecule has 0 aromatic heterocycles. The topological polar surface area (TPSA) is 9.23 Å². The SMILES string of the molecule is C=C(CS)COc1ccc(Cl)c(CC)c1. The van der Waals surface area contributed by atoms with Gasteiger partial charge in [0.1, 0.15) is 12.4 Å². The largest absolute Gasteiger partial charge is 0.489 e. The molecule has 1 rings (SSSR count). The van der Waals surface area contributed by atoms with Crippen LogP contribution in [0.25, 0.3) is 0 Å². The second-order valence-electron chi connectivity index (χ2n) is 3.30. The zero-order chi connectivity index (χ0) is 11.3. The summed E-state index contributed by atoms with van der Waals surface area (Å²) in [6.45, 7) is 6.40. The van der Waals surface area contributed by atoms with Gasteiger partial charge in [-0.2, -0.15) is 12.6 Å². The number of thiol groups is 1. The molecule has 1 aromatic carbocycles. The van der Waals surface area contributed by atoms with E-state index in [1.165, 1.54) is 0 Å². The number of aryl methyl sites for hydroxylation is 1. The summed E-state index contributed by atoms with van der Waals surface area (Å²) in [6, 6.07) is 5.70. The van der Waals surface area contributed by atoms with E-state index >= 15 is 0 Å². The quantitative estimate of drug-likeness (QED) is 0.611. The number of ether oxygens (including phenoxy) is 1. The van der Waals surface area contributed by atoms with E-state index in [1.807, 2.05) is 18.2 Å². The van der Waals surface area contributed by atoms with E-state index < -0.39 is 0 Å². The minimum Gasteiger partial charge on any atom is -0.489 e. The highest BCUT2D eigenvalue weighted by Gasteiger charge is 2.01. The Hall–Kier alpha value is -0.600. The van der Waals surface area contributed by atoms with Crippen molar-refractivity contribution in [3.63, 3.8) is 0 Å². The van der Waals surface area contributed by atoms with Gasteiger partial charge in [-0.25, -0.2) is 0 Å². The van der Waals surface area contributed by atoms with E-state index in [4.69, 9.17) is 16.3 Å². The van der Waals surface area contributed by atoms with Gasteiger partial charge in [0.15, 0.2) is 0 Å². The predicted molar refractivity (Wildman–Crippen MR) is 69.3 cm³/mol. The van der Waals surface area contributed by atoms with E-state index in [2.05, 4.69) is 26.1 Å². The Morgan fingerprint density at radius 2 is 2.27 bits per heavy atom. The maximum Gasteiger partial charge on any atom is 0.120 e. The number of hydrogen-bond donors (Lipinski definition) is 1. The standard InChI is InChI=1S/C12H15ClOS/c1-3-10-6-11(4-5-12(10)13)14-7-9(2)8-15/h4-6,15H,2-3,7-8H2,1H3. The van der Waals surface area contributed by atoms with Crippen molar-refractivity contribution in [2.45, 2.75) is 13.3 Å². The van der Waals surface area contributed by atoms with Gasteiger partial charge < -0.3 is 4.74 Å². The van der Waals surface area contributed by atoms with Gasteiger partial charge in [0, 0.05) is 10.8 Å². The molecule has 0 N–H and O–H groups in total. The van der Waals surface area contributed by atoms with E-state index in [9.17, 15) is 0 Å². The van der Waals surface area contributed by atoms with Crippen LogP contribution in [0, 0.1) is 0 Å². The normalized spacial score (nSPS) is 10.1. The van der Waals surface area contributed by atoms with Crippen molar-refractivity contribution in [2.24, 2.45) is 0 Å². The summed E-state index contributed by atoms with van der Waals surface area (Å²) in [5, 5.41) is 0.790. The third-order valence-electron chi connectivity index (χ3n) is 2.06. The highest BCUT2D eigenvalue weighted by atomic mass is 35.5. The molecule has 15 heavy (non-hydrogen) atoms. The van der Waals surface area contributed by atoms with Crippen molar-refractivity contribution in [3.8, 4) is 5.75 Å². The molecule has 0 aliphatic heterocycles.